The van der Waals surface area contributed by atoms with E-state index in [0.717, 1.165) is 17.5 Å². The molecule has 5 heteroatoms. The molecule has 24 heavy (non-hydrogen) atoms. The predicted octanol–water partition coefficient (Wildman–Crippen LogP) is 5.27. The molecule has 0 atom stereocenters. The quantitative estimate of drug-likeness (QED) is 0.695. The molecule has 0 heterocycles. The van der Waals surface area contributed by atoms with Gasteiger partial charge in [0.05, 0.1) is 5.56 Å². The first kappa shape index (κ1) is 18.0. The zero-order chi connectivity index (χ0) is 17.7. The molecule has 0 amide bonds. The van der Waals surface area contributed by atoms with Crippen molar-refractivity contribution in [2.75, 3.05) is 0 Å². The van der Waals surface area contributed by atoms with Gasteiger partial charge in [-0.1, -0.05) is 56.3 Å². The van der Waals surface area contributed by atoms with E-state index in [1.165, 1.54) is 6.07 Å². The number of aryl methyl sites for hydroxylation is 2. The lowest BCUT2D eigenvalue weighted by atomic mass is 9.89. The molecule has 0 aromatic heterocycles. The van der Waals surface area contributed by atoms with Crippen LogP contribution in [0.4, 0.5) is 13.2 Å². The minimum absolute atomic E-state index is 0.0205. The van der Waals surface area contributed by atoms with Crippen molar-refractivity contribution < 1.29 is 22.7 Å². The van der Waals surface area contributed by atoms with Gasteiger partial charge in [0.25, 0.3) is 0 Å². The van der Waals surface area contributed by atoms with Crippen molar-refractivity contribution in [3.05, 3.63) is 70.8 Å². The molecule has 2 aromatic rings. The normalized spacial score (nSPS) is 11.6. The van der Waals surface area contributed by atoms with Crippen LogP contribution in [0.3, 0.4) is 0 Å². The Morgan fingerprint density at radius 3 is 2.25 bits per heavy atom. The van der Waals surface area contributed by atoms with Crippen LogP contribution in [-0.2, 0) is 17.6 Å². The molecule has 2 rings (SSSR count). The number of rotatable bonds is 5. The van der Waals surface area contributed by atoms with Crippen LogP contribution >= 0.6 is 0 Å². The summed E-state index contributed by atoms with van der Waals surface area (Å²) >= 11 is 0. The molecule has 2 nitrogen and oxygen atoms in total. The van der Waals surface area contributed by atoms with Gasteiger partial charge in [0, 0.05) is 0 Å². The summed E-state index contributed by atoms with van der Waals surface area (Å²) in [4.78, 5) is 11.9. The van der Waals surface area contributed by atoms with Crippen LogP contribution in [0.2, 0.25) is 0 Å². The van der Waals surface area contributed by atoms with Crippen LogP contribution < -0.4 is 0 Å². The van der Waals surface area contributed by atoms with Gasteiger partial charge in [-0.3, -0.25) is 0 Å². The molecule has 0 N–H and O–H groups in total. The Morgan fingerprint density at radius 1 is 1.00 bits per heavy atom. The second-order valence-corrected chi connectivity index (χ2v) is 5.85. The third-order valence-corrected chi connectivity index (χ3v) is 3.73. The molecule has 0 saturated heterocycles. The van der Waals surface area contributed by atoms with Crippen LogP contribution in [0.5, 0.6) is 0 Å². The number of alkyl halides is 3. The van der Waals surface area contributed by atoms with E-state index in [0.29, 0.717) is 12.0 Å². The molecule has 0 bridgehead atoms. The standard InChI is InChI=1S/C19H19F3O2/c1-13(2)17-15(12-11-14-7-4-3-5-8-14)9-6-10-16(17)18(23)24-19(20,21)22/h3-10,13H,11-12H2,1-2H3. The van der Waals surface area contributed by atoms with Gasteiger partial charge in [-0.2, -0.15) is 0 Å². The molecule has 2 aromatic carbocycles. The lowest BCUT2D eigenvalue weighted by molar-refractivity contribution is -0.291. The highest BCUT2D eigenvalue weighted by molar-refractivity contribution is 5.91. The summed E-state index contributed by atoms with van der Waals surface area (Å²) in [6, 6.07) is 14.6. The number of hydrogen-bond acceptors (Lipinski definition) is 2. The van der Waals surface area contributed by atoms with Crippen LogP contribution in [0, 0.1) is 0 Å². The summed E-state index contributed by atoms with van der Waals surface area (Å²) in [7, 11) is 0. The van der Waals surface area contributed by atoms with Crippen molar-refractivity contribution in [2.24, 2.45) is 0 Å². The number of esters is 1. The van der Waals surface area contributed by atoms with E-state index in [1.54, 1.807) is 6.07 Å². The lowest BCUT2D eigenvalue weighted by Crippen LogP contribution is -2.21. The zero-order valence-electron chi connectivity index (χ0n) is 13.6. The number of ether oxygens (including phenoxy) is 1. The molecular formula is C19H19F3O2. The Balaban J connectivity index is 2.28. The monoisotopic (exact) mass is 336 g/mol. The third-order valence-electron chi connectivity index (χ3n) is 3.73. The highest BCUT2D eigenvalue weighted by atomic mass is 19.4. The summed E-state index contributed by atoms with van der Waals surface area (Å²) in [6.07, 6.45) is -3.59. The van der Waals surface area contributed by atoms with Crippen molar-refractivity contribution in [3.8, 4) is 0 Å². The number of carbonyl (C=O) groups excluding carboxylic acids is 1. The van der Waals surface area contributed by atoms with Crippen molar-refractivity contribution in [1.82, 2.24) is 0 Å². The molecule has 0 saturated carbocycles. The first-order valence-corrected chi connectivity index (χ1v) is 7.73. The molecule has 0 spiro atoms. The van der Waals surface area contributed by atoms with Crippen molar-refractivity contribution in [1.29, 1.82) is 0 Å². The molecule has 128 valence electrons. The van der Waals surface area contributed by atoms with Crippen molar-refractivity contribution in [3.63, 3.8) is 0 Å². The van der Waals surface area contributed by atoms with E-state index in [9.17, 15) is 18.0 Å². The third kappa shape index (κ3) is 4.85. The maximum absolute atomic E-state index is 12.4. The van der Waals surface area contributed by atoms with Crippen molar-refractivity contribution >= 4 is 5.97 Å². The maximum atomic E-state index is 12.4. The number of benzene rings is 2. The Bertz CT molecular complexity index is 692. The number of halogens is 3. The van der Waals surface area contributed by atoms with Gasteiger partial charge in [-0.25, -0.2) is 4.79 Å². The van der Waals surface area contributed by atoms with Gasteiger partial charge >= 0.3 is 12.3 Å². The van der Waals surface area contributed by atoms with E-state index in [2.05, 4.69) is 4.74 Å². The second-order valence-electron chi connectivity index (χ2n) is 5.85. The molecular weight excluding hydrogens is 317 g/mol. The molecule has 0 unspecified atom stereocenters. The van der Waals surface area contributed by atoms with Gasteiger partial charge in [-0.15, -0.1) is 13.2 Å². The van der Waals surface area contributed by atoms with E-state index in [4.69, 9.17) is 0 Å². The van der Waals surface area contributed by atoms with E-state index in [1.807, 2.05) is 50.2 Å². The maximum Gasteiger partial charge on any atom is 0.575 e. The minimum Gasteiger partial charge on any atom is -0.369 e. The van der Waals surface area contributed by atoms with Gasteiger partial charge < -0.3 is 4.74 Å². The smallest absolute Gasteiger partial charge is 0.369 e. The zero-order valence-corrected chi connectivity index (χ0v) is 13.6. The Morgan fingerprint density at radius 2 is 1.67 bits per heavy atom. The minimum atomic E-state index is -4.98. The van der Waals surface area contributed by atoms with Crippen LogP contribution in [-0.4, -0.2) is 12.3 Å². The fraction of sp³-hybridized carbons (Fsp3) is 0.316. The fourth-order valence-corrected chi connectivity index (χ4v) is 2.77. The Hall–Kier alpha value is -2.30. The molecule has 0 radical (unpaired) electrons. The molecule has 0 aliphatic rings. The van der Waals surface area contributed by atoms with Gasteiger partial charge in [-0.05, 0) is 41.5 Å². The number of hydrogen-bond donors (Lipinski definition) is 0. The van der Waals surface area contributed by atoms with Crippen molar-refractivity contribution in [2.45, 2.75) is 39.0 Å². The Kier molecular flexibility index (Phi) is 5.65. The fourth-order valence-electron chi connectivity index (χ4n) is 2.77. The summed E-state index contributed by atoms with van der Waals surface area (Å²) in [5.41, 5.74) is 2.59. The van der Waals surface area contributed by atoms with E-state index < -0.39 is 12.3 Å². The predicted molar refractivity (Wildman–Crippen MR) is 85.9 cm³/mol. The highest BCUT2D eigenvalue weighted by Gasteiger charge is 2.35. The largest absolute Gasteiger partial charge is 0.575 e. The van der Waals surface area contributed by atoms with Gasteiger partial charge in [0.2, 0.25) is 0 Å². The highest BCUT2D eigenvalue weighted by Crippen LogP contribution is 2.28. The first-order chi connectivity index (χ1) is 11.3. The van der Waals surface area contributed by atoms with Gasteiger partial charge in [0.1, 0.15) is 0 Å². The van der Waals surface area contributed by atoms with E-state index in [-0.39, 0.29) is 11.5 Å². The second kappa shape index (κ2) is 7.51. The Labute approximate surface area is 139 Å². The van der Waals surface area contributed by atoms with E-state index >= 15 is 0 Å². The summed E-state index contributed by atoms with van der Waals surface area (Å²) in [5.74, 6) is -1.44. The van der Waals surface area contributed by atoms with Gasteiger partial charge in [0.15, 0.2) is 0 Å². The molecule has 0 aliphatic carbocycles. The average Bonchev–Trinajstić information content (AvgIpc) is 2.51. The summed E-state index contributed by atoms with van der Waals surface area (Å²) in [5, 5.41) is 0. The molecule has 0 fully saturated rings. The first-order valence-electron chi connectivity index (χ1n) is 7.73. The lowest BCUT2D eigenvalue weighted by Gasteiger charge is -2.18. The topological polar surface area (TPSA) is 26.3 Å². The summed E-state index contributed by atoms with van der Waals surface area (Å²) < 4.78 is 40.6. The SMILES string of the molecule is CC(C)c1c(CCc2ccccc2)cccc1C(=O)OC(F)(F)F. The molecule has 0 aliphatic heterocycles. The van der Waals surface area contributed by atoms with Crippen LogP contribution in [0.25, 0.3) is 0 Å². The summed E-state index contributed by atoms with van der Waals surface area (Å²) in [6.45, 7) is 3.71. The van der Waals surface area contributed by atoms with Crippen LogP contribution in [0.15, 0.2) is 48.5 Å². The average molecular weight is 336 g/mol. The number of carbonyl (C=O) groups is 1. The van der Waals surface area contributed by atoms with Crippen LogP contribution in [0.1, 0.15) is 46.8 Å².